The molecule has 0 radical (unpaired) electrons. The molecule has 1 unspecified atom stereocenters. The zero-order valence-electron chi connectivity index (χ0n) is 24.2. The van der Waals surface area contributed by atoms with E-state index in [0.717, 1.165) is 32.8 Å². The highest BCUT2D eigenvalue weighted by Gasteiger charge is 2.28. The summed E-state index contributed by atoms with van der Waals surface area (Å²) in [7, 11) is 0. The molecule has 214 valence electrons. The lowest BCUT2D eigenvalue weighted by atomic mass is 10.1. The van der Waals surface area contributed by atoms with Crippen molar-refractivity contribution in [1.82, 2.24) is 14.5 Å². The van der Waals surface area contributed by atoms with Crippen LogP contribution < -0.4 is 10.9 Å². The van der Waals surface area contributed by atoms with Crippen LogP contribution in [0.4, 0.5) is 10.5 Å². The van der Waals surface area contributed by atoms with Gasteiger partial charge in [-0.25, -0.2) is 9.78 Å². The molecule has 1 N–H and O–H groups in total. The average Bonchev–Trinajstić information content (AvgIpc) is 3.07. The Labute approximate surface area is 254 Å². The minimum Gasteiger partial charge on any atom is -0.310 e. The first kappa shape index (κ1) is 27.1. The van der Waals surface area contributed by atoms with Crippen molar-refractivity contribution in [3.8, 4) is 5.69 Å². The van der Waals surface area contributed by atoms with Gasteiger partial charge in [-0.2, -0.15) is 0 Å². The molecule has 2 amide bonds. The maximum absolute atomic E-state index is 14.2. The van der Waals surface area contributed by atoms with Gasteiger partial charge in [0.15, 0.2) is 0 Å². The Morgan fingerprint density at radius 3 is 2.20 bits per heavy atom. The third-order valence-corrected chi connectivity index (χ3v) is 8.12. The number of urea groups is 1. The molecule has 0 fully saturated rings. The molecule has 0 aliphatic rings. The first-order valence-corrected chi connectivity index (χ1v) is 14.7. The first-order chi connectivity index (χ1) is 21.6. The third-order valence-electron chi connectivity index (χ3n) is 8.12. The van der Waals surface area contributed by atoms with Crippen molar-refractivity contribution in [2.75, 3.05) is 5.32 Å². The lowest BCUT2D eigenvalue weighted by Crippen LogP contribution is -2.39. The maximum Gasteiger partial charge on any atom is 0.322 e. The Kier molecular flexibility index (Phi) is 7.08. The average molecular weight is 575 g/mol. The number of rotatable bonds is 6. The van der Waals surface area contributed by atoms with Crippen molar-refractivity contribution in [2.24, 2.45) is 0 Å². The Hall–Kier alpha value is -5.75. The van der Waals surface area contributed by atoms with Crippen LogP contribution in [0.3, 0.4) is 0 Å². The standard InChI is InChI=1S/C38H30N4O2/c1-26(41(25-27-12-3-2-4-13-27)38(44)40-34-21-11-17-29-15-7-8-18-32(29)34)36-39-35-20-10-9-19-33(35)37(43)42(36)31-23-22-28-14-5-6-16-30(28)24-31/h2-24,26H,25H2,1H3,(H,40,44). The second-order valence-corrected chi connectivity index (χ2v) is 10.9. The Bertz CT molecular complexity index is 2200. The molecule has 44 heavy (non-hydrogen) atoms. The summed E-state index contributed by atoms with van der Waals surface area (Å²) >= 11 is 0. The summed E-state index contributed by atoms with van der Waals surface area (Å²) in [5, 5.41) is 7.76. The van der Waals surface area contributed by atoms with Crippen molar-refractivity contribution >= 4 is 44.2 Å². The second-order valence-electron chi connectivity index (χ2n) is 10.9. The van der Waals surface area contributed by atoms with Gasteiger partial charge >= 0.3 is 6.03 Å². The molecule has 1 aromatic heterocycles. The number of benzene rings is 6. The fourth-order valence-electron chi connectivity index (χ4n) is 5.82. The van der Waals surface area contributed by atoms with Crippen LogP contribution in [0.25, 0.3) is 38.1 Å². The number of nitrogens with one attached hydrogen (secondary N) is 1. The number of anilines is 1. The highest BCUT2D eigenvalue weighted by Crippen LogP contribution is 2.29. The monoisotopic (exact) mass is 574 g/mol. The molecule has 7 rings (SSSR count). The van der Waals surface area contributed by atoms with Crippen LogP contribution in [-0.4, -0.2) is 20.5 Å². The Balaban J connectivity index is 1.38. The number of amides is 2. The molecule has 0 aliphatic carbocycles. The summed E-state index contributed by atoms with van der Waals surface area (Å²) in [6.07, 6.45) is 0. The van der Waals surface area contributed by atoms with Gasteiger partial charge in [0, 0.05) is 11.9 Å². The first-order valence-electron chi connectivity index (χ1n) is 14.7. The van der Waals surface area contributed by atoms with E-state index in [1.807, 2.05) is 140 Å². The van der Waals surface area contributed by atoms with Crippen molar-refractivity contribution < 1.29 is 4.79 Å². The van der Waals surface area contributed by atoms with Crippen LogP contribution in [0.2, 0.25) is 0 Å². The molecular formula is C38H30N4O2. The van der Waals surface area contributed by atoms with E-state index in [0.29, 0.717) is 29.0 Å². The summed E-state index contributed by atoms with van der Waals surface area (Å²) < 4.78 is 1.66. The van der Waals surface area contributed by atoms with Gasteiger partial charge in [-0.1, -0.05) is 109 Å². The topological polar surface area (TPSA) is 67.2 Å². The zero-order valence-corrected chi connectivity index (χ0v) is 24.2. The van der Waals surface area contributed by atoms with Gasteiger partial charge in [0.05, 0.1) is 28.3 Å². The number of aromatic nitrogens is 2. The fraction of sp³-hybridized carbons (Fsp3) is 0.0789. The Morgan fingerprint density at radius 2 is 1.39 bits per heavy atom. The molecule has 0 spiro atoms. The van der Waals surface area contributed by atoms with Gasteiger partial charge in [0.1, 0.15) is 5.82 Å². The Morgan fingerprint density at radius 1 is 0.727 bits per heavy atom. The van der Waals surface area contributed by atoms with Crippen molar-refractivity contribution in [3.05, 3.63) is 161 Å². The zero-order chi connectivity index (χ0) is 30.0. The minimum atomic E-state index is -0.575. The number of nitrogens with zero attached hydrogens (tertiary/aromatic N) is 3. The van der Waals surface area contributed by atoms with Gasteiger partial charge in [-0.15, -0.1) is 0 Å². The van der Waals surface area contributed by atoms with Crippen LogP contribution in [0.15, 0.2) is 144 Å². The van der Waals surface area contributed by atoms with E-state index >= 15 is 0 Å². The fourth-order valence-corrected chi connectivity index (χ4v) is 5.82. The van der Waals surface area contributed by atoms with Crippen molar-refractivity contribution in [2.45, 2.75) is 19.5 Å². The van der Waals surface area contributed by atoms with Gasteiger partial charge in [0.25, 0.3) is 5.56 Å². The van der Waals surface area contributed by atoms with Crippen molar-refractivity contribution in [3.63, 3.8) is 0 Å². The van der Waals surface area contributed by atoms with Gasteiger partial charge < -0.3 is 10.2 Å². The molecule has 6 aromatic carbocycles. The third kappa shape index (κ3) is 5.07. The quantitative estimate of drug-likeness (QED) is 0.217. The molecule has 1 atom stereocenters. The van der Waals surface area contributed by atoms with Crippen LogP contribution in [-0.2, 0) is 6.54 Å². The normalized spacial score (nSPS) is 11.9. The molecule has 7 aromatic rings. The number of hydrogen-bond acceptors (Lipinski definition) is 3. The predicted molar refractivity (Wildman–Crippen MR) is 178 cm³/mol. The van der Waals surface area contributed by atoms with E-state index in [1.165, 1.54) is 0 Å². The van der Waals surface area contributed by atoms with E-state index in [9.17, 15) is 9.59 Å². The number of carbonyl (C=O) groups is 1. The van der Waals surface area contributed by atoms with E-state index in [2.05, 4.69) is 5.32 Å². The second kappa shape index (κ2) is 11.5. The summed E-state index contributed by atoms with van der Waals surface area (Å²) in [6, 6.07) is 44.2. The summed E-state index contributed by atoms with van der Waals surface area (Å²) in [5.74, 6) is 0.480. The smallest absolute Gasteiger partial charge is 0.310 e. The number of carbonyl (C=O) groups excluding carboxylic acids is 1. The summed E-state index contributed by atoms with van der Waals surface area (Å²) in [4.78, 5) is 35.2. The molecule has 6 nitrogen and oxygen atoms in total. The summed E-state index contributed by atoms with van der Waals surface area (Å²) in [6.45, 7) is 2.25. The van der Waals surface area contributed by atoms with Crippen LogP contribution in [0, 0.1) is 0 Å². The molecule has 1 heterocycles. The highest BCUT2D eigenvalue weighted by molar-refractivity contribution is 6.01. The van der Waals surface area contributed by atoms with E-state index in [4.69, 9.17) is 4.98 Å². The van der Waals surface area contributed by atoms with Crippen LogP contribution in [0.5, 0.6) is 0 Å². The van der Waals surface area contributed by atoms with Crippen LogP contribution in [0.1, 0.15) is 24.4 Å². The number of para-hydroxylation sites is 1. The summed E-state index contributed by atoms with van der Waals surface area (Å²) in [5.41, 5.74) is 2.79. The van der Waals surface area contributed by atoms with E-state index in [1.54, 1.807) is 15.5 Å². The minimum absolute atomic E-state index is 0.179. The molecule has 0 aliphatic heterocycles. The number of hydrogen-bond donors (Lipinski definition) is 1. The highest BCUT2D eigenvalue weighted by atomic mass is 16.2. The molecule has 0 saturated carbocycles. The van der Waals surface area contributed by atoms with Gasteiger partial charge in [0.2, 0.25) is 0 Å². The molecule has 0 bridgehead atoms. The number of fused-ring (bicyclic) bond motifs is 3. The SMILES string of the molecule is CC(c1nc2ccccc2c(=O)n1-c1ccc2ccccc2c1)N(Cc1ccccc1)C(=O)Nc1cccc2ccccc12. The lowest BCUT2D eigenvalue weighted by Gasteiger charge is -2.31. The van der Waals surface area contributed by atoms with E-state index < -0.39 is 6.04 Å². The maximum atomic E-state index is 14.2. The molecular weight excluding hydrogens is 544 g/mol. The molecule has 0 saturated heterocycles. The largest absolute Gasteiger partial charge is 0.322 e. The van der Waals surface area contributed by atoms with Crippen LogP contribution >= 0.6 is 0 Å². The van der Waals surface area contributed by atoms with Crippen molar-refractivity contribution in [1.29, 1.82) is 0 Å². The van der Waals surface area contributed by atoms with Gasteiger partial charge in [-0.3, -0.25) is 9.36 Å². The van der Waals surface area contributed by atoms with E-state index in [-0.39, 0.29) is 11.6 Å². The predicted octanol–water partition coefficient (Wildman–Crippen LogP) is 8.49. The molecule has 6 heteroatoms. The lowest BCUT2D eigenvalue weighted by molar-refractivity contribution is 0.185. The van der Waals surface area contributed by atoms with Gasteiger partial charge in [-0.05, 0) is 59.0 Å².